The largest absolute Gasteiger partial charge is 0.490 e. The first kappa shape index (κ1) is 30.8. The molecule has 0 saturated carbocycles. The summed E-state index contributed by atoms with van der Waals surface area (Å²) in [5, 5.41) is 4.84. The van der Waals surface area contributed by atoms with Gasteiger partial charge < -0.3 is 9.47 Å². The number of rotatable bonds is 8. The van der Waals surface area contributed by atoms with Crippen molar-refractivity contribution >= 4 is 60.6 Å². The summed E-state index contributed by atoms with van der Waals surface area (Å²) in [6.45, 7) is 2.35. The molecule has 220 valence electrons. The third kappa shape index (κ3) is 6.79. The van der Waals surface area contributed by atoms with Gasteiger partial charge in [-0.1, -0.05) is 63.9 Å². The minimum atomic E-state index is -4.58. The molecule has 0 radical (unpaired) electrons. The molecule has 43 heavy (non-hydrogen) atoms. The molecule has 1 heterocycles. The fourth-order valence-corrected chi connectivity index (χ4v) is 5.12. The Morgan fingerprint density at radius 1 is 1.00 bits per heavy atom. The van der Waals surface area contributed by atoms with Crippen LogP contribution in [0.4, 0.5) is 13.2 Å². The van der Waals surface area contributed by atoms with Crippen LogP contribution in [0.1, 0.15) is 23.6 Å². The van der Waals surface area contributed by atoms with Gasteiger partial charge >= 0.3 is 6.18 Å². The van der Waals surface area contributed by atoms with Gasteiger partial charge in [0, 0.05) is 20.1 Å². The van der Waals surface area contributed by atoms with Crippen molar-refractivity contribution in [1.29, 1.82) is 0 Å². The number of alkyl halides is 3. The standard InChI is InChI=1S/C31H21Br2ClF3N3O3/c1-2-42-25-15-20(26(33)27(34)28(25)43-17-18-10-12-22(32)13-11-18)16-38-40-29(19-6-5-7-21(14-19)31(35,36)37)39-24-9-4-3-8-23(24)30(40)41/h3-16H,2,17H2,1H3. The van der Waals surface area contributed by atoms with Gasteiger partial charge in [0.1, 0.15) is 11.6 Å². The molecule has 12 heteroatoms. The number of fused-ring (bicyclic) bond motifs is 1. The number of hydrogen-bond acceptors (Lipinski definition) is 5. The first-order chi connectivity index (χ1) is 20.6. The summed E-state index contributed by atoms with van der Waals surface area (Å²) in [5.74, 6) is 0.591. The molecular formula is C31H21Br2ClF3N3O3. The zero-order chi connectivity index (χ0) is 30.7. The van der Waals surface area contributed by atoms with E-state index in [4.69, 9.17) is 21.1 Å². The molecule has 0 N–H and O–H groups in total. The second-order valence-corrected chi connectivity index (χ2v) is 11.2. The normalized spacial score (nSPS) is 11.8. The Balaban J connectivity index is 1.59. The molecule has 1 aromatic heterocycles. The van der Waals surface area contributed by atoms with E-state index in [-0.39, 0.29) is 28.4 Å². The van der Waals surface area contributed by atoms with E-state index < -0.39 is 17.3 Å². The molecule has 4 aromatic carbocycles. The van der Waals surface area contributed by atoms with Crippen molar-refractivity contribution in [3.05, 3.63) is 120 Å². The van der Waals surface area contributed by atoms with Crippen LogP contribution in [0.2, 0.25) is 5.02 Å². The van der Waals surface area contributed by atoms with E-state index in [0.717, 1.165) is 26.8 Å². The van der Waals surface area contributed by atoms with Crippen molar-refractivity contribution in [3.8, 4) is 22.9 Å². The smallest absolute Gasteiger partial charge is 0.416 e. The van der Waals surface area contributed by atoms with E-state index in [9.17, 15) is 18.0 Å². The molecule has 0 fully saturated rings. The summed E-state index contributed by atoms with van der Waals surface area (Å²) in [6, 6.07) is 20.4. The van der Waals surface area contributed by atoms with Crippen LogP contribution < -0.4 is 15.0 Å². The Kier molecular flexibility index (Phi) is 9.24. The van der Waals surface area contributed by atoms with E-state index >= 15 is 0 Å². The minimum absolute atomic E-state index is 0.0623. The number of hydrogen-bond donors (Lipinski definition) is 0. The zero-order valence-electron chi connectivity index (χ0n) is 22.3. The fourth-order valence-electron chi connectivity index (χ4n) is 4.20. The topological polar surface area (TPSA) is 65.7 Å². The third-order valence-electron chi connectivity index (χ3n) is 6.27. The highest BCUT2D eigenvalue weighted by Gasteiger charge is 2.31. The highest BCUT2D eigenvalue weighted by atomic mass is 79.9. The lowest BCUT2D eigenvalue weighted by Gasteiger charge is -2.16. The van der Waals surface area contributed by atoms with Gasteiger partial charge in [-0.25, -0.2) is 4.98 Å². The molecular weight excluding hydrogens is 715 g/mol. The summed E-state index contributed by atoms with van der Waals surface area (Å²) in [6.07, 6.45) is -3.23. The number of ether oxygens (including phenoxy) is 2. The van der Waals surface area contributed by atoms with Crippen LogP contribution in [-0.4, -0.2) is 22.5 Å². The van der Waals surface area contributed by atoms with E-state index in [1.165, 1.54) is 18.3 Å². The van der Waals surface area contributed by atoms with Gasteiger partial charge in [-0.2, -0.15) is 22.9 Å². The van der Waals surface area contributed by atoms with Gasteiger partial charge in [-0.15, -0.1) is 0 Å². The Hall–Kier alpha value is -3.67. The number of benzene rings is 4. The van der Waals surface area contributed by atoms with Crippen molar-refractivity contribution in [2.24, 2.45) is 5.10 Å². The molecule has 0 spiro atoms. The second kappa shape index (κ2) is 12.9. The fraction of sp³-hybridized carbons (Fsp3) is 0.129. The number of aromatic nitrogens is 2. The molecule has 0 aliphatic carbocycles. The van der Waals surface area contributed by atoms with Gasteiger partial charge in [0.15, 0.2) is 17.3 Å². The third-order valence-corrected chi connectivity index (χ3v) is 8.24. The van der Waals surface area contributed by atoms with Crippen LogP contribution in [-0.2, 0) is 12.8 Å². The van der Waals surface area contributed by atoms with Gasteiger partial charge in [0.05, 0.1) is 29.3 Å². The summed E-state index contributed by atoms with van der Waals surface area (Å²) in [7, 11) is 0. The van der Waals surface area contributed by atoms with Crippen molar-refractivity contribution in [1.82, 2.24) is 9.66 Å². The molecule has 0 aliphatic heterocycles. The predicted molar refractivity (Wildman–Crippen MR) is 168 cm³/mol. The molecule has 0 saturated heterocycles. The van der Waals surface area contributed by atoms with E-state index in [1.54, 1.807) is 30.3 Å². The quantitative estimate of drug-likeness (QED) is 0.149. The monoisotopic (exact) mass is 733 g/mol. The SMILES string of the molecule is CCOc1cc(C=Nn2c(-c3cccc(C(F)(F)F)c3)nc3ccccc3c2=O)c(Br)c(Cl)c1OCc1ccc(Br)cc1. The molecule has 0 aliphatic rings. The lowest BCUT2D eigenvalue weighted by molar-refractivity contribution is -0.137. The van der Waals surface area contributed by atoms with Crippen LogP contribution in [0, 0.1) is 0 Å². The minimum Gasteiger partial charge on any atom is -0.490 e. The first-order valence-corrected chi connectivity index (χ1v) is 14.8. The summed E-state index contributed by atoms with van der Waals surface area (Å²) >= 11 is 13.6. The van der Waals surface area contributed by atoms with Crippen LogP contribution in [0.25, 0.3) is 22.3 Å². The van der Waals surface area contributed by atoms with E-state index in [0.29, 0.717) is 33.7 Å². The lowest BCUT2D eigenvalue weighted by Crippen LogP contribution is -2.20. The van der Waals surface area contributed by atoms with Crippen molar-refractivity contribution < 1.29 is 22.6 Å². The molecule has 0 unspecified atom stereocenters. The molecule has 5 rings (SSSR count). The Labute approximate surface area is 266 Å². The van der Waals surface area contributed by atoms with Gasteiger partial charge in [0.25, 0.3) is 5.56 Å². The van der Waals surface area contributed by atoms with Crippen LogP contribution >= 0.6 is 43.5 Å². The van der Waals surface area contributed by atoms with Gasteiger partial charge in [-0.05, 0) is 70.9 Å². The summed E-state index contributed by atoms with van der Waals surface area (Å²) in [4.78, 5) is 18.0. The van der Waals surface area contributed by atoms with Crippen LogP contribution in [0.3, 0.4) is 0 Å². The summed E-state index contributed by atoms with van der Waals surface area (Å²) in [5.41, 5.74) is 0.293. The second-order valence-electron chi connectivity index (χ2n) is 9.16. The van der Waals surface area contributed by atoms with Gasteiger partial charge in [0.2, 0.25) is 0 Å². The van der Waals surface area contributed by atoms with Crippen molar-refractivity contribution in [3.63, 3.8) is 0 Å². The zero-order valence-corrected chi connectivity index (χ0v) is 26.3. The van der Waals surface area contributed by atoms with E-state index in [1.807, 2.05) is 31.2 Å². The Morgan fingerprint density at radius 3 is 2.47 bits per heavy atom. The predicted octanol–water partition coefficient (Wildman–Crippen LogP) is 9.12. The Morgan fingerprint density at radius 2 is 1.74 bits per heavy atom. The van der Waals surface area contributed by atoms with Crippen molar-refractivity contribution in [2.45, 2.75) is 19.7 Å². The lowest BCUT2D eigenvalue weighted by atomic mass is 10.1. The molecule has 0 amide bonds. The molecule has 0 bridgehead atoms. The Bertz CT molecular complexity index is 1890. The average Bonchev–Trinajstić information content (AvgIpc) is 2.99. The van der Waals surface area contributed by atoms with Crippen molar-refractivity contribution in [2.75, 3.05) is 6.61 Å². The van der Waals surface area contributed by atoms with Gasteiger partial charge in [-0.3, -0.25) is 4.79 Å². The maximum Gasteiger partial charge on any atom is 0.416 e. The van der Waals surface area contributed by atoms with E-state index in [2.05, 4.69) is 41.9 Å². The highest BCUT2D eigenvalue weighted by Crippen LogP contribution is 2.43. The number of halogens is 6. The van der Waals surface area contributed by atoms with Crippen LogP contribution in [0.15, 0.2) is 97.7 Å². The number of nitrogens with zero attached hydrogens (tertiary/aromatic N) is 3. The average molecular weight is 736 g/mol. The highest BCUT2D eigenvalue weighted by molar-refractivity contribution is 9.10. The molecule has 0 atom stereocenters. The molecule has 6 nitrogen and oxygen atoms in total. The number of para-hydroxylation sites is 1. The maximum absolute atomic E-state index is 13.5. The molecule has 5 aromatic rings. The summed E-state index contributed by atoms with van der Waals surface area (Å²) < 4.78 is 54.7. The first-order valence-electron chi connectivity index (χ1n) is 12.8. The maximum atomic E-state index is 13.5. The van der Waals surface area contributed by atoms with Crippen LogP contribution in [0.5, 0.6) is 11.5 Å².